The van der Waals surface area contributed by atoms with Crippen molar-refractivity contribution in [2.45, 2.75) is 17.2 Å². The molecular formula is C21H21N3O6S. The number of hydrogen-bond donors (Lipinski definition) is 0. The van der Waals surface area contributed by atoms with E-state index in [1.165, 1.54) is 35.7 Å². The normalized spacial score (nSPS) is 14.8. The molecule has 0 atom stereocenters. The minimum absolute atomic E-state index is 0.112. The summed E-state index contributed by atoms with van der Waals surface area (Å²) in [7, 11) is -0.794. The highest BCUT2D eigenvalue weighted by molar-refractivity contribution is 7.89. The zero-order valence-electron chi connectivity index (χ0n) is 17.0. The van der Waals surface area contributed by atoms with Gasteiger partial charge in [0.15, 0.2) is 5.82 Å². The third-order valence-corrected chi connectivity index (χ3v) is 6.98. The van der Waals surface area contributed by atoms with Crippen LogP contribution >= 0.6 is 0 Å². The van der Waals surface area contributed by atoms with Gasteiger partial charge in [0, 0.05) is 25.1 Å². The van der Waals surface area contributed by atoms with Gasteiger partial charge in [-0.1, -0.05) is 23.4 Å². The van der Waals surface area contributed by atoms with E-state index in [4.69, 9.17) is 9.26 Å². The lowest BCUT2D eigenvalue weighted by atomic mass is 10.0. The summed E-state index contributed by atoms with van der Waals surface area (Å²) in [5, 5.41) is 4.02. The Morgan fingerprint density at radius 2 is 1.84 bits per heavy atom. The van der Waals surface area contributed by atoms with Crippen LogP contribution < -0.4 is 4.74 Å². The average Bonchev–Trinajstić information content (AvgIpc) is 3.20. The second kappa shape index (κ2) is 8.48. The molecule has 0 bridgehead atoms. The molecule has 3 aromatic rings. The van der Waals surface area contributed by atoms with E-state index in [-0.39, 0.29) is 29.5 Å². The lowest BCUT2D eigenvalue weighted by molar-refractivity contribution is 0.0600. The molecular weight excluding hydrogens is 422 g/mol. The van der Waals surface area contributed by atoms with Crippen molar-refractivity contribution in [2.24, 2.45) is 0 Å². The summed E-state index contributed by atoms with van der Waals surface area (Å²) in [5.74, 6) is 0.987. The summed E-state index contributed by atoms with van der Waals surface area (Å²) in [6, 6.07) is 13.2. The summed E-state index contributed by atoms with van der Waals surface area (Å²) in [6.45, 7) is 0.495. The van der Waals surface area contributed by atoms with Gasteiger partial charge in [0.05, 0.1) is 30.6 Å². The molecule has 31 heavy (non-hydrogen) atoms. The van der Waals surface area contributed by atoms with Crippen LogP contribution in [0.3, 0.4) is 0 Å². The fourth-order valence-corrected chi connectivity index (χ4v) is 4.88. The highest BCUT2D eigenvalue weighted by Crippen LogP contribution is 2.31. The number of esters is 1. The van der Waals surface area contributed by atoms with Crippen LogP contribution in [0.25, 0.3) is 0 Å². The topological polar surface area (TPSA) is 112 Å². The first-order valence-electron chi connectivity index (χ1n) is 9.55. The number of aromatic nitrogens is 2. The van der Waals surface area contributed by atoms with Gasteiger partial charge in [-0.25, -0.2) is 13.2 Å². The SMILES string of the molecule is COC(=O)c1ccc(S(=O)(=O)N2CC(c3nc(Cc4ccccc4OC)no3)C2)cc1. The molecule has 1 fully saturated rings. The molecule has 2 heterocycles. The third kappa shape index (κ3) is 4.17. The Kier molecular flexibility index (Phi) is 5.75. The Morgan fingerprint density at radius 1 is 1.13 bits per heavy atom. The molecule has 9 nitrogen and oxygen atoms in total. The quantitative estimate of drug-likeness (QED) is 0.511. The minimum Gasteiger partial charge on any atom is -0.496 e. The number of para-hydroxylation sites is 1. The second-order valence-electron chi connectivity index (χ2n) is 7.07. The predicted octanol–water partition coefficient (Wildman–Crippen LogP) is 2.24. The van der Waals surface area contributed by atoms with Crippen LogP contribution in [0.2, 0.25) is 0 Å². The fourth-order valence-electron chi connectivity index (χ4n) is 3.34. The van der Waals surface area contributed by atoms with Crippen molar-refractivity contribution in [3.8, 4) is 5.75 Å². The van der Waals surface area contributed by atoms with Gasteiger partial charge in [0.1, 0.15) is 5.75 Å². The number of methoxy groups -OCH3 is 2. The van der Waals surface area contributed by atoms with E-state index < -0.39 is 16.0 Å². The summed E-state index contributed by atoms with van der Waals surface area (Å²) in [6.07, 6.45) is 0.453. The van der Waals surface area contributed by atoms with Gasteiger partial charge in [0.2, 0.25) is 15.9 Å². The molecule has 1 aliphatic heterocycles. The van der Waals surface area contributed by atoms with Gasteiger partial charge in [-0.05, 0) is 30.3 Å². The number of hydrogen-bond acceptors (Lipinski definition) is 8. The smallest absolute Gasteiger partial charge is 0.337 e. The van der Waals surface area contributed by atoms with Crippen LogP contribution in [0.4, 0.5) is 0 Å². The molecule has 1 saturated heterocycles. The summed E-state index contributed by atoms with van der Waals surface area (Å²) >= 11 is 0. The maximum Gasteiger partial charge on any atom is 0.337 e. The molecule has 0 N–H and O–H groups in total. The van der Waals surface area contributed by atoms with E-state index in [2.05, 4.69) is 14.9 Å². The molecule has 0 amide bonds. The summed E-state index contributed by atoms with van der Waals surface area (Å²) in [4.78, 5) is 16.1. The Balaban J connectivity index is 1.40. The number of sulfonamides is 1. The van der Waals surface area contributed by atoms with Crippen molar-refractivity contribution in [3.63, 3.8) is 0 Å². The van der Waals surface area contributed by atoms with E-state index in [1.807, 2.05) is 24.3 Å². The first kappa shape index (κ1) is 21.0. The van der Waals surface area contributed by atoms with Crippen LogP contribution in [0, 0.1) is 0 Å². The van der Waals surface area contributed by atoms with Gasteiger partial charge in [0.25, 0.3) is 0 Å². The molecule has 0 saturated carbocycles. The van der Waals surface area contributed by atoms with Gasteiger partial charge >= 0.3 is 5.97 Å². The second-order valence-corrected chi connectivity index (χ2v) is 9.01. The van der Waals surface area contributed by atoms with Crippen LogP contribution in [0.1, 0.15) is 33.6 Å². The summed E-state index contributed by atoms with van der Waals surface area (Å²) < 4.78 is 42.2. The predicted molar refractivity (Wildman–Crippen MR) is 109 cm³/mol. The van der Waals surface area contributed by atoms with Crippen LogP contribution in [-0.2, 0) is 21.2 Å². The zero-order chi connectivity index (χ0) is 22.0. The van der Waals surface area contributed by atoms with E-state index in [9.17, 15) is 13.2 Å². The Labute approximate surface area is 179 Å². The standard InChI is InChI=1S/C21H21N3O6S/c1-28-18-6-4-3-5-15(18)11-19-22-20(30-23-19)16-12-24(13-16)31(26,27)17-9-7-14(8-10-17)21(25)29-2/h3-10,16H,11-13H2,1-2H3. The van der Waals surface area contributed by atoms with E-state index in [1.54, 1.807) is 7.11 Å². The molecule has 0 aliphatic carbocycles. The van der Waals surface area contributed by atoms with Crippen LogP contribution in [0.15, 0.2) is 57.9 Å². The maximum absolute atomic E-state index is 12.8. The number of rotatable bonds is 7. The molecule has 1 aliphatic rings. The number of benzene rings is 2. The molecule has 2 aromatic carbocycles. The molecule has 4 rings (SSSR count). The maximum atomic E-state index is 12.8. The van der Waals surface area contributed by atoms with Gasteiger partial charge in [-0.3, -0.25) is 0 Å². The fraction of sp³-hybridized carbons (Fsp3) is 0.286. The lowest BCUT2D eigenvalue weighted by Gasteiger charge is -2.35. The van der Waals surface area contributed by atoms with Crippen LogP contribution in [0.5, 0.6) is 5.75 Å². The van der Waals surface area contributed by atoms with E-state index in [0.717, 1.165) is 11.3 Å². The monoisotopic (exact) mass is 443 g/mol. The van der Waals surface area contributed by atoms with Crippen molar-refractivity contribution in [1.29, 1.82) is 0 Å². The largest absolute Gasteiger partial charge is 0.496 e. The Morgan fingerprint density at radius 3 is 2.52 bits per heavy atom. The van der Waals surface area contributed by atoms with Crippen molar-refractivity contribution in [2.75, 3.05) is 27.3 Å². The molecule has 1 aromatic heterocycles. The Bertz CT molecular complexity index is 1180. The highest BCUT2D eigenvalue weighted by atomic mass is 32.2. The van der Waals surface area contributed by atoms with E-state index >= 15 is 0 Å². The zero-order valence-corrected chi connectivity index (χ0v) is 17.8. The van der Waals surface area contributed by atoms with Crippen molar-refractivity contribution < 1.29 is 27.2 Å². The number of ether oxygens (including phenoxy) is 2. The Hall–Kier alpha value is -3.24. The number of carbonyl (C=O) groups is 1. The molecule has 0 unspecified atom stereocenters. The third-order valence-electron chi connectivity index (χ3n) is 5.14. The van der Waals surface area contributed by atoms with Crippen LogP contribution in [-0.4, -0.2) is 56.1 Å². The lowest BCUT2D eigenvalue weighted by Crippen LogP contribution is -2.48. The average molecular weight is 443 g/mol. The number of carbonyl (C=O) groups excluding carboxylic acids is 1. The van der Waals surface area contributed by atoms with E-state index in [0.29, 0.717) is 18.1 Å². The first-order chi connectivity index (χ1) is 14.9. The van der Waals surface area contributed by atoms with Gasteiger partial charge in [-0.2, -0.15) is 9.29 Å². The molecule has 162 valence electrons. The van der Waals surface area contributed by atoms with Gasteiger partial charge in [-0.15, -0.1) is 0 Å². The molecule has 10 heteroatoms. The summed E-state index contributed by atoms with van der Waals surface area (Å²) in [5.41, 5.74) is 1.22. The first-order valence-corrected chi connectivity index (χ1v) is 11.0. The molecule has 0 spiro atoms. The molecule has 0 radical (unpaired) electrons. The minimum atomic E-state index is -3.67. The van der Waals surface area contributed by atoms with Crippen molar-refractivity contribution >= 4 is 16.0 Å². The van der Waals surface area contributed by atoms with Crippen molar-refractivity contribution in [1.82, 2.24) is 14.4 Å². The number of nitrogens with zero attached hydrogens (tertiary/aromatic N) is 3. The van der Waals surface area contributed by atoms with Gasteiger partial charge < -0.3 is 14.0 Å². The van der Waals surface area contributed by atoms with Crippen molar-refractivity contribution in [3.05, 3.63) is 71.4 Å². The highest BCUT2D eigenvalue weighted by Gasteiger charge is 2.40.